The Labute approximate surface area is 136 Å². The number of hydrogen-bond acceptors (Lipinski definition) is 11. The van der Waals surface area contributed by atoms with Crippen LogP contribution >= 0.6 is 0 Å². The highest BCUT2D eigenvalue weighted by molar-refractivity contribution is 8.00. The van der Waals surface area contributed by atoms with Gasteiger partial charge in [0.25, 0.3) is 0 Å². The molecular formula is C5H9NO14S4. The Balaban J connectivity index is 0. The molecule has 0 unspecified atom stereocenters. The van der Waals surface area contributed by atoms with Crippen LogP contribution in [0.2, 0.25) is 0 Å². The Morgan fingerprint density at radius 2 is 0.917 bits per heavy atom. The molecule has 0 radical (unpaired) electrons. The highest BCUT2D eigenvalue weighted by Crippen LogP contribution is 2.03. The number of aromatic nitrogens is 1. The first-order valence-corrected chi connectivity index (χ1v) is 10.0. The molecule has 0 spiro atoms. The Morgan fingerprint density at radius 3 is 1.04 bits per heavy atom. The van der Waals surface area contributed by atoms with Gasteiger partial charge in [0.05, 0.1) is 0 Å². The first-order chi connectivity index (χ1) is 10.4. The zero-order valence-corrected chi connectivity index (χ0v) is 14.1. The summed E-state index contributed by atoms with van der Waals surface area (Å²) >= 11 is 0. The van der Waals surface area contributed by atoms with Crippen molar-refractivity contribution in [3.05, 3.63) is 30.6 Å². The molecule has 0 saturated heterocycles. The molecule has 1 aromatic heterocycles. The van der Waals surface area contributed by atoms with E-state index in [0.29, 0.717) is 0 Å². The number of nitrogens with zero attached hydrogens (tertiary/aromatic N) is 1. The summed E-state index contributed by atoms with van der Waals surface area (Å²) in [5.41, 5.74) is 0. The van der Waals surface area contributed by atoms with Gasteiger partial charge in [0, 0.05) is 12.4 Å². The fourth-order valence-corrected chi connectivity index (χ4v) is 2.51. The Hall–Kier alpha value is -1.29. The lowest BCUT2D eigenvalue weighted by Gasteiger charge is -1.97. The fourth-order valence-electron chi connectivity index (χ4n) is 0.535. The van der Waals surface area contributed by atoms with Crippen LogP contribution in [0.1, 0.15) is 0 Å². The number of rotatable bonds is 4. The normalized spacial score (nSPS) is 12.2. The van der Waals surface area contributed by atoms with Crippen LogP contribution in [0.25, 0.3) is 0 Å². The molecule has 0 atom stereocenters. The first kappa shape index (κ1) is 25.0. The van der Waals surface area contributed by atoms with Crippen LogP contribution in [0, 0.1) is 0 Å². The van der Waals surface area contributed by atoms with E-state index < -0.39 is 41.6 Å². The quantitative estimate of drug-likeness (QED) is 0.384. The van der Waals surface area contributed by atoms with Crippen molar-refractivity contribution in [1.82, 2.24) is 4.98 Å². The molecule has 0 aromatic carbocycles. The number of hydrogen-bond donors (Lipinski definition) is 4. The third-order valence-electron chi connectivity index (χ3n) is 0.905. The monoisotopic (exact) mass is 435 g/mol. The largest absolute Gasteiger partial charge is 0.432 e. The van der Waals surface area contributed by atoms with E-state index in [1.54, 1.807) is 12.4 Å². The SMILES string of the molecule is O=S(=O)(O)O.O=S(=O)(O)OS(=O)(=O)OS(=O)(=O)O.c1ccncc1. The minimum absolute atomic E-state index is 1.75. The Kier molecular flexibility index (Phi) is 10.3. The third kappa shape index (κ3) is 28.8. The average Bonchev–Trinajstić information content (AvgIpc) is 2.22. The van der Waals surface area contributed by atoms with Gasteiger partial charge in [0.1, 0.15) is 0 Å². The molecular weight excluding hydrogens is 426 g/mol. The standard InChI is InChI=1S/C5H5N.H2O10S3.H2O4S/c1-2-4-6-5-3-1;1-11(2,3)9-13(7,8)10-12(4,5)6;1-5(2,3)4/h1-5H;(H,1,2,3)(H,4,5,6);(H2,1,2,3,4). The van der Waals surface area contributed by atoms with E-state index in [-0.39, 0.29) is 0 Å². The molecule has 0 aliphatic rings. The highest BCUT2D eigenvalue weighted by atomic mass is 32.3. The summed E-state index contributed by atoms with van der Waals surface area (Å²) in [6.07, 6.45) is 3.50. The Bertz CT molecular complexity index is 808. The van der Waals surface area contributed by atoms with Crippen molar-refractivity contribution in [3.63, 3.8) is 0 Å². The lowest BCUT2D eigenvalue weighted by molar-refractivity contribution is 0.328. The molecule has 19 heteroatoms. The molecule has 1 rings (SSSR count). The molecule has 1 aromatic rings. The van der Waals surface area contributed by atoms with E-state index in [0.717, 1.165) is 0 Å². The predicted molar refractivity (Wildman–Crippen MR) is 72.6 cm³/mol. The zero-order valence-electron chi connectivity index (χ0n) is 10.8. The van der Waals surface area contributed by atoms with Gasteiger partial charge in [-0.1, -0.05) is 13.3 Å². The van der Waals surface area contributed by atoms with Crippen molar-refractivity contribution in [3.8, 4) is 0 Å². The van der Waals surface area contributed by atoms with Gasteiger partial charge in [0.2, 0.25) is 0 Å². The van der Waals surface area contributed by atoms with Gasteiger partial charge in [-0.2, -0.15) is 33.7 Å². The van der Waals surface area contributed by atoms with E-state index in [2.05, 4.69) is 12.2 Å². The molecule has 1 heterocycles. The van der Waals surface area contributed by atoms with Crippen molar-refractivity contribution in [2.24, 2.45) is 0 Å². The maximum absolute atomic E-state index is 10.1. The van der Waals surface area contributed by atoms with Crippen molar-refractivity contribution in [2.75, 3.05) is 0 Å². The van der Waals surface area contributed by atoms with Crippen LogP contribution in [0.15, 0.2) is 30.6 Å². The smallest absolute Gasteiger partial charge is 0.265 e. The van der Waals surface area contributed by atoms with Gasteiger partial charge in [-0.3, -0.25) is 23.2 Å². The molecule has 4 N–H and O–H groups in total. The van der Waals surface area contributed by atoms with Crippen LogP contribution in [0.5, 0.6) is 0 Å². The minimum atomic E-state index is -5.57. The molecule has 0 aliphatic carbocycles. The third-order valence-corrected chi connectivity index (χ3v) is 3.61. The summed E-state index contributed by atoms with van der Waals surface area (Å²) in [4.78, 5) is 3.78. The van der Waals surface area contributed by atoms with Crippen LogP contribution in [0.3, 0.4) is 0 Å². The molecule has 24 heavy (non-hydrogen) atoms. The molecule has 0 aliphatic heterocycles. The van der Waals surface area contributed by atoms with E-state index in [1.807, 2.05) is 18.2 Å². The summed E-state index contributed by atoms with van der Waals surface area (Å²) < 4.78 is 112. The summed E-state index contributed by atoms with van der Waals surface area (Å²) in [5.74, 6) is 0. The van der Waals surface area contributed by atoms with Crippen molar-refractivity contribution >= 4 is 41.6 Å². The van der Waals surface area contributed by atoms with Crippen LogP contribution in [0.4, 0.5) is 0 Å². The maximum Gasteiger partial charge on any atom is 0.432 e. The topological polar surface area (TPSA) is 249 Å². The molecule has 0 fully saturated rings. The fraction of sp³-hybridized carbons (Fsp3) is 0. The first-order valence-electron chi connectivity index (χ1n) is 4.58. The van der Waals surface area contributed by atoms with Crippen LogP contribution in [-0.2, 0) is 48.9 Å². The second-order valence-corrected chi connectivity index (χ2v) is 7.38. The zero-order chi connectivity index (χ0) is 19.7. The van der Waals surface area contributed by atoms with Crippen molar-refractivity contribution in [2.45, 2.75) is 0 Å². The summed E-state index contributed by atoms with van der Waals surface area (Å²) in [6.45, 7) is 0. The molecule has 142 valence electrons. The van der Waals surface area contributed by atoms with Crippen LogP contribution in [-0.4, -0.2) is 56.9 Å². The van der Waals surface area contributed by atoms with Crippen LogP contribution < -0.4 is 0 Å². The summed E-state index contributed by atoms with van der Waals surface area (Å²) in [5, 5.41) is 0. The van der Waals surface area contributed by atoms with Gasteiger partial charge in [0.15, 0.2) is 0 Å². The lowest BCUT2D eigenvalue weighted by atomic mass is 10.5. The van der Waals surface area contributed by atoms with Gasteiger partial charge in [-0.05, 0) is 12.1 Å². The molecule has 0 amide bonds. The molecule has 0 saturated carbocycles. The number of pyridine rings is 1. The highest BCUT2D eigenvalue weighted by Gasteiger charge is 2.27. The lowest BCUT2D eigenvalue weighted by Crippen LogP contribution is -2.18. The summed E-state index contributed by atoms with van der Waals surface area (Å²) in [6, 6.07) is 5.72. The van der Waals surface area contributed by atoms with Gasteiger partial charge < -0.3 is 0 Å². The Morgan fingerprint density at radius 1 is 0.625 bits per heavy atom. The van der Waals surface area contributed by atoms with E-state index in [9.17, 15) is 25.3 Å². The molecule has 0 bridgehead atoms. The average molecular weight is 435 g/mol. The van der Waals surface area contributed by atoms with Gasteiger partial charge >= 0.3 is 41.6 Å². The van der Waals surface area contributed by atoms with Gasteiger partial charge in [-0.25, -0.2) is 0 Å². The summed E-state index contributed by atoms with van der Waals surface area (Å²) in [7, 11) is -21.1. The van der Waals surface area contributed by atoms with Crippen molar-refractivity contribution in [1.29, 1.82) is 0 Å². The minimum Gasteiger partial charge on any atom is -0.265 e. The predicted octanol–water partition coefficient (Wildman–Crippen LogP) is -1.70. The second kappa shape index (κ2) is 9.87. The molecule has 15 nitrogen and oxygen atoms in total. The van der Waals surface area contributed by atoms with Gasteiger partial charge in [-0.15, -0.1) is 0 Å². The second-order valence-electron chi connectivity index (χ2n) is 2.87. The van der Waals surface area contributed by atoms with E-state index in [4.69, 9.17) is 26.6 Å². The van der Waals surface area contributed by atoms with E-state index >= 15 is 0 Å². The maximum atomic E-state index is 10.1. The van der Waals surface area contributed by atoms with E-state index in [1.165, 1.54) is 0 Å². The van der Waals surface area contributed by atoms with Crippen molar-refractivity contribution < 1.29 is 59.1 Å².